The maximum atomic E-state index is 13.8. The molecule has 20 nitrogen and oxygen atoms in total. The summed E-state index contributed by atoms with van der Waals surface area (Å²) in [7, 11) is 1.49. The van der Waals surface area contributed by atoms with Gasteiger partial charge in [-0.2, -0.15) is 5.10 Å². The van der Waals surface area contributed by atoms with E-state index in [0.717, 1.165) is 60.7 Å². The molecule has 0 radical (unpaired) electrons. The zero-order chi connectivity index (χ0) is 42.1. The van der Waals surface area contributed by atoms with E-state index >= 15 is 0 Å². The number of nitro benzene ring substituents is 3. The average Bonchev–Trinajstić information content (AvgIpc) is 3.74. The third-order valence-corrected chi connectivity index (χ3v) is 9.67. The number of nitrogens with zero attached hydrogens (tertiary/aromatic N) is 6. The quantitative estimate of drug-likeness (QED) is 0.0553. The lowest BCUT2D eigenvalue weighted by Gasteiger charge is -2.24. The molecule has 1 aliphatic rings. The summed E-state index contributed by atoms with van der Waals surface area (Å²) in [5, 5.41) is 39.5. The van der Waals surface area contributed by atoms with Crippen LogP contribution in [0.15, 0.2) is 91.0 Å². The van der Waals surface area contributed by atoms with Gasteiger partial charge in [0.1, 0.15) is 18.5 Å². The molecule has 21 heteroatoms. The first-order valence-corrected chi connectivity index (χ1v) is 17.6. The van der Waals surface area contributed by atoms with Crippen LogP contribution in [-0.4, -0.2) is 79.5 Å². The average molecular weight is 827 g/mol. The molecule has 1 aliphatic heterocycles. The molecule has 3 heterocycles. The number of halogens is 1. The van der Waals surface area contributed by atoms with E-state index in [2.05, 4.69) is 5.10 Å². The van der Waals surface area contributed by atoms with Crippen molar-refractivity contribution in [3.05, 3.63) is 149 Å². The normalized spacial score (nSPS) is 17.3. The maximum Gasteiger partial charge on any atom is 0.338 e. The molecule has 0 spiro atoms. The third kappa shape index (κ3) is 7.89. The Labute approximate surface area is 335 Å². The summed E-state index contributed by atoms with van der Waals surface area (Å²) in [6, 6.07) is 18.5. The summed E-state index contributed by atoms with van der Waals surface area (Å²) in [4.78, 5) is 77.2. The van der Waals surface area contributed by atoms with Gasteiger partial charge in [-0.3, -0.25) is 30.3 Å². The van der Waals surface area contributed by atoms with Crippen LogP contribution < -0.4 is 4.74 Å². The van der Waals surface area contributed by atoms with E-state index in [4.69, 9.17) is 40.3 Å². The number of aryl methyl sites for hydroxylation is 1. The lowest BCUT2D eigenvalue weighted by Crippen LogP contribution is -2.41. The van der Waals surface area contributed by atoms with Gasteiger partial charge in [-0.25, -0.2) is 24.0 Å². The predicted octanol–water partition coefficient (Wildman–Crippen LogP) is 6.49. The lowest BCUT2D eigenvalue weighted by atomic mass is 10.1. The number of ether oxygens (including phenoxy) is 5. The van der Waals surface area contributed by atoms with E-state index in [-0.39, 0.29) is 44.4 Å². The van der Waals surface area contributed by atoms with Gasteiger partial charge in [0, 0.05) is 41.8 Å². The molecule has 4 aromatic carbocycles. The van der Waals surface area contributed by atoms with Crippen molar-refractivity contribution in [2.45, 2.75) is 31.5 Å². The molecule has 0 N–H and O–H groups in total. The summed E-state index contributed by atoms with van der Waals surface area (Å²) >= 11 is 6.93. The van der Waals surface area contributed by atoms with E-state index in [1.165, 1.54) is 23.9 Å². The number of non-ortho nitro benzene ring substituents is 3. The second-order valence-electron chi connectivity index (χ2n) is 12.9. The Morgan fingerprint density at radius 2 is 1.24 bits per heavy atom. The highest BCUT2D eigenvalue weighted by molar-refractivity contribution is 6.40. The highest BCUT2D eigenvalue weighted by Gasteiger charge is 2.52. The Morgan fingerprint density at radius 1 is 0.746 bits per heavy atom. The first-order valence-electron chi connectivity index (χ1n) is 17.2. The van der Waals surface area contributed by atoms with Crippen molar-refractivity contribution in [3.63, 3.8) is 0 Å². The van der Waals surface area contributed by atoms with Gasteiger partial charge in [0.05, 0.1) is 60.2 Å². The highest BCUT2D eigenvalue weighted by Crippen LogP contribution is 2.40. The zero-order valence-electron chi connectivity index (χ0n) is 30.5. The minimum Gasteiger partial charge on any atom is -0.497 e. The number of carbonyl (C=O) groups is 3. The number of methoxy groups -OCH3 is 1. The van der Waals surface area contributed by atoms with Crippen molar-refractivity contribution in [2.75, 3.05) is 13.7 Å². The molecular formula is C38H27ClN6O14. The Morgan fingerprint density at radius 3 is 1.73 bits per heavy atom. The van der Waals surface area contributed by atoms with Crippen molar-refractivity contribution >= 4 is 68.5 Å². The van der Waals surface area contributed by atoms with Crippen LogP contribution in [0.2, 0.25) is 5.02 Å². The monoisotopic (exact) mass is 826 g/mol. The van der Waals surface area contributed by atoms with Crippen LogP contribution in [-0.2, 0) is 18.9 Å². The van der Waals surface area contributed by atoms with Gasteiger partial charge in [0.25, 0.3) is 17.1 Å². The van der Waals surface area contributed by atoms with Gasteiger partial charge in [0.2, 0.25) is 0 Å². The second kappa shape index (κ2) is 16.1. The molecule has 6 aromatic rings. The fourth-order valence-corrected chi connectivity index (χ4v) is 6.70. The number of benzene rings is 4. The fourth-order valence-electron chi connectivity index (χ4n) is 6.33. The number of hydrogen-bond donors (Lipinski definition) is 0. The van der Waals surface area contributed by atoms with Crippen molar-refractivity contribution < 1.29 is 52.8 Å². The van der Waals surface area contributed by atoms with Crippen molar-refractivity contribution in [1.82, 2.24) is 14.8 Å². The summed E-state index contributed by atoms with van der Waals surface area (Å²) < 4.78 is 30.4. The summed E-state index contributed by atoms with van der Waals surface area (Å²) in [5.41, 5.74) is -0.314. The van der Waals surface area contributed by atoms with Gasteiger partial charge < -0.3 is 23.7 Å². The molecule has 1 fully saturated rings. The van der Waals surface area contributed by atoms with Crippen LogP contribution in [0.3, 0.4) is 0 Å². The Balaban J connectivity index is 1.31. The van der Waals surface area contributed by atoms with Crippen LogP contribution in [0.1, 0.15) is 43.0 Å². The number of carbonyl (C=O) groups excluding carboxylic acids is 3. The lowest BCUT2D eigenvalue weighted by molar-refractivity contribution is -0.385. The second-order valence-corrected chi connectivity index (χ2v) is 13.2. The molecule has 1 saturated heterocycles. The van der Waals surface area contributed by atoms with Crippen molar-refractivity contribution in [1.29, 1.82) is 0 Å². The highest BCUT2D eigenvalue weighted by atomic mass is 35.5. The molecule has 0 saturated carbocycles. The number of nitro groups is 3. The molecule has 0 aliphatic carbocycles. The largest absolute Gasteiger partial charge is 0.497 e. The van der Waals surface area contributed by atoms with E-state index < -0.39 is 63.8 Å². The number of aromatic nitrogens is 3. The van der Waals surface area contributed by atoms with E-state index in [0.29, 0.717) is 27.7 Å². The molecule has 0 bridgehead atoms. The van der Waals surface area contributed by atoms with Crippen LogP contribution in [0.25, 0.3) is 21.9 Å². The summed E-state index contributed by atoms with van der Waals surface area (Å²) in [5.74, 6) is -2.51. The smallest absolute Gasteiger partial charge is 0.338 e. The van der Waals surface area contributed by atoms with Gasteiger partial charge in [-0.05, 0) is 61.5 Å². The van der Waals surface area contributed by atoms with Crippen LogP contribution in [0.5, 0.6) is 5.75 Å². The molecule has 4 atom stereocenters. The number of rotatable bonds is 12. The first kappa shape index (κ1) is 39.6. The summed E-state index contributed by atoms with van der Waals surface area (Å²) in [6.07, 6.45) is -6.12. The van der Waals surface area contributed by atoms with Crippen molar-refractivity contribution in [3.8, 4) is 5.75 Å². The molecule has 300 valence electrons. The SMILES string of the molecule is COc1ccc2nc3c(c(C)nn3[C@@H]3O[C@H](COC(=O)c4ccc([N+](=O)[O-])cc4)[C@@H](OC(=O)c4ccc([N+](=O)[O-])cc4)[C@H]3OC(=O)c3ccc([N+](=O)[O-])cc3)c(Cl)c2c1. The standard InChI is InChI=1S/C38H27ClN6O14/c1-19-30-31(39)27-17-26(55-2)15-16-28(27)40-34(30)42(41-19)35-33(59-38(48)22-7-13-25(14-8-22)45(53)54)32(58-37(47)21-5-11-24(12-6-21)44(51)52)29(57-35)18-56-36(46)20-3-9-23(10-4-20)43(49)50/h3-17,29,32-33,35H,18H2,1-2H3/t29-,32-,33-,35-/m1/s1. The van der Waals surface area contributed by atoms with E-state index in [1.54, 1.807) is 25.1 Å². The first-order chi connectivity index (χ1) is 28.2. The molecular weight excluding hydrogens is 800 g/mol. The summed E-state index contributed by atoms with van der Waals surface area (Å²) in [6.45, 7) is 0.992. The molecule has 0 unspecified atom stereocenters. The zero-order valence-corrected chi connectivity index (χ0v) is 31.2. The fraction of sp³-hybridized carbons (Fsp3) is 0.184. The number of esters is 3. The minimum atomic E-state index is -1.61. The third-order valence-electron chi connectivity index (χ3n) is 9.28. The topological polar surface area (TPSA) is 257 Å². The molecule has 59 heavy (non-hydrogen) atoms. The van der Waals surface area contributed by atoms with Gasteiger partial charge in [-0.1, -0.05) is 11.6 Å². The molecule has 7 rings (SSSR count). The Bertz CT molecular complexity index is 2670. The van der Waals surface area contributed by atoms with Gasteiger partial charge in [0.15, 0.2) is 24.1 Å². The van der Waals surface area contributed by atoms with Crippen LogP contribution in [0, 0.1) is 37.3 Å². The number of hydrogen-bond acceptors (Lipinski definition) is 16. The number of fused-ring (bicyclic) bond motifs is 2. The number of pyridine rings is 1. The maximum absolute atomic E-state index is 13.8. The minimum absolute atomic E-state index is 0.0678. The Hall–Kier alpha value is -7.58. The van der Waals surface area contributed by atoms with Crippen LogP contribution in [0.4, 0.5) is 17.1 Å². The van der Waals surface area contributed by atoms with Gasteiger partial charge in [-0.15, -0.1) is 0 Å². The van der Waals surface area contributed by atoms with Gasteiger partial charge >= 0.3 is 17.9 Å². The van der Waals surface area contributed by atoms with Crippen molar-refractivity contribution in [2.24, 2.45) is 0 Å². The van der Waals surface area contributed by atoms with Crippen LogP contribution >= 0.6 is 11.6 Å². The molecule has 2 aromatic heterocycles. The van der Waals surface area contributed by atoms with E-state index in [9.17, 15) is 44.7 Å². The van der Waals surface area contributed by atoms with E-state index in [1.807, 2.05) is 0 Å². The predicted molar refractivity (Wildman–Crippen MR) is 203 cm³/mol. The molecule has 0 amide bonds. The Kier molecular flexibility index (Phi) is 10.8.